The van der Waals surface area contributed by atoms with E-state index in [1.54, 1.807) is 0 Å². The Kier molecular flexibility index (Phi) is 7.18. The largest absolute Gasteiger partial charge is 0.309 e. The summed E-state index contributed by atoms with van der Waals surface area (Å²) < 4.78 is 2.38. The zero-order chi connectivity index (χ0) is 36.4. The summed E-state index contributed by atoms with van der Waals surface area (Å²) in [7, 11) is 0. The van der Waals surface area contributed by atoms with E-state index in [1.807, 2.05) is 60.7 Å². The van der Waals surface area contributed by atoms with Gasteiger partial charge in [-0.3, -0.25) is 0 Å². The van der Waals surface area contributed by atoms with E-state index in [2.05, 4.69) is 134 Å². The molecule has 0 spiro atoms. The maximum Gasteiger partial charge on any atom is 0.160 e. The summed E-state index contributed by atoms with van der Waals surface area (Å²) in [5.74, 6) is 0.616. The second kappa shape index (κ2) is 12.3. The highest BCUT2D eigenvalue weighted by atomic mass is 15.0. The van der Waals surface area contributed by atoms with Crippen molar-refractivity contribution in [3.8, 4) is 67.9 Å². The van der Waals surface area contributed by atoms with Gasteiger partial charge in [-0.05, 0) is 81.9 Å². The number of nitrogens with zero attached hydrogens (tertiary/aromatic N) is 4. The molecule has 7 aromatic carbocycles. The van der Waals surface area contributed by atoms with E-state index >= 15 is 0 Å². The molecule has 0 atom stereocenters. The standard InChI is InChI=1S/C50H34N4/c1-50(2)43-23-13-11-21-39(43)41-29-48-42(28-44(41)50)40-22-12-14-24-47(40)54(48)37-26-35(38-20-10-9-19-34(38)31-51)25-36(27-37)49-52-45(32-15-5-3-6-16-32)30-46(53-49)33-17-7-4-8-18-33/h3-30H,1-2H3. The van der Waals surface area contributed by atoms with Crippen LogP contribution in [-0.2, 0) is 5.41 Å². The Labute approximate surface area is 314 Å². The minimum absolute atomic E-state index is 0.116. The zero-order valence-electron chi connectivity index (χ0n) is 30.0. The van der Waals surface area contributed by atoms with Crippen molar-refractivity contribution in [3.63, 3.8) is 0 Å². The minimum Gasteiger partial charge on any atom is -0.309 e. The van der Waals surface area contributed by atoms with Crippen LogP contribution < -0.4 is 0 Å². The van der Waals surface area contributed by atoms with Gasteiger partial charge in [-0.25, -0.2) is 9.97 Å². The lowest BCUT2D eigenvalue weighted by atomic mass is 9.82. The fraction of sp³-hybridized carbons (Fsp3) is 0.0600. The van der Waals surface area contributed by atoms with Crippen LogP contribution in [0.5, 0.6) is 0 Å². The number of rotatable bonds is 5. The van der Waals surface area contributed by atoms with Gasteiger partial charge in [0.1, 0.15) is 0 Å². The molecule has 0 amide bonds. The van der Waals surface area contributed by atoms with Crippen molar-refractivity contribution >= 4 is 21.8 Å². The van der Waals surface area contributed by atoms with Gasteiger partial charge in [0.05, 0.1) is 34.1 Å². The average Bonchev–Trinajstić information content (AvgIpc) is 3.68. The second-order valence-corrected chi connectivity index (χ2v) is 14.6. The van der Waals surface area contributed by atoms with Crippen molar-refractivity contribution in [2.45, 2.75) is 19.3 Å². The average molecular weight is 691 g/mol. The summed E-state index contributed by atoms with van der Waals surface area (Å²) in [6.45, 7) is 4.66. The van der Waals surface area contributed by atoms with Crippen LogP contribution in [0.1, 0.15) is 30.5 Å². The molecule has 0 aliphatic heterocycles. The zero-order valence-corrected chi connectivity index (χ0v) is 30.0. The SMILES string of the molecule is CC1(C)c2ccccc2-c2cc3c(cc21)c1ccccc1n3-c1cc(-c2nc(-c3ccccc3)cc(-c3ccccc3)n2)cc(-c2ccccc2C#N)c1. The Balaban J connectivity index is 1.28. The summed E-state index contributed by atoms with van der Waals surface area (Å²) >= 11 is 0. The Morgan fingerprint density at radius 1 is 0.481 bits per heavy atom. The molecule has 0 N–H and O–H groups in total. The third kappa shape index (κ3) is 4.98. The maximum absolute atomic E-state index is 10.3. The highest BCUT2D eigenvalue weighted by Gasteiger charge is 2.36. The van der Waals surface area contributed by atoms with Gasteiger partial charge in [-0.2, -0.15) is 5.26 Å². The van der Waals surface area contributed by atoms with E-state index in [0.717, 1.165) is 55.9 Å². The number of benzene rings is 7. The Bertz CT molecular complexity index is 2910. The fourth-order valence-corrected chi connectivity index (χ4v) is 8.39. The molecule has 4 nitrogen and oxygen atoms in total. The topological polar surface area (TPSA) is 54.5 Å². The third-order valence-electron chi connectivity index (χ3n) is 11.0. The first-order valence-electron chi connectivity index (χ1n) is 18.3. The Hall–Kier alpha value is -7.09. The van der Waals surface area contributed by atoms with Crippen LogP contribution in [0.2, 0.25) is 0 Å². The van der Waals surface area contributed by atoms with Gasteiger partial charge >= 0.3 is 0 Å². The lowest BCUT2D eigenvalue weighted by molar-refractivity contribution is 0.661. The fourth-order valence-electron chi connectivity index (χ4n) is 8.39. The summed E-state index contributed by atoms with van der Waals surface area (Å²) in [6.07, 6.45) is 0. The molecule has 54 heavy (non-hydrogen) atoms. The summed E-state index contributed by atoms with van der Waals surface area (Å²) in [4.78, 5) is 10.5. The van der Waals surface area contributed by atoms with Crippen molar-refractivity contribution in [1.82, 2.24) is 14.5 Å². The molecule has 0 fully saturated rings. The van der Waals surface area contributed by atoms with Crippen LogP contribution in [0.15, 0.2) is 170 Å². The highest BCUT2D eigenvalue weighted by Crippen LogP contribution is 2.51. The van der Waals surface area contributed by atoms with Crippen molar-refractivity contribution in [2.24, 2.45) is 0 Å². The first-order valence-corrected chi connectivity index (χ1v) is 18.3. The van der Waals surface area contributed by atoms with Gasteiger partial charge in [-0.15, -0.1) is 0 Å². The van der Waals surface area contributed by atoms with Crippen molar-refractivity contribution < 1.29 is 0 Å². The lowest BCUT2D eigenvalue weighted by Crippen LogP contribution is -2.14. The van der Waals surface area contributed by atoms with E-state index in [-0.39, 0.29) is 5.41 Å². The monoisotopic (exact) mass is 690 g/mol. The molecule has 1 aliphatic carbocycles. The van der Waals surface area contributed by atoms with Crippen molar-refractivity contribution in [2.75, 3.05) is 0 Å². The normalized spacial score (nSPS) is 12.8. The molecule has 0 saturated carbocycles. The molecule has 0 radical (unpaired) electrons. The molecule has 0 saturated heterocycles. The maximum atomic E-state index is 10.3. The molecule has 0 unspecified atom stereocenters. The minimum atomic E-state index is -0.116. The van der Waals surface area contributed by atoms with Crippen LogP contribution in [0.25, 0.3) is 83.6 Å². The number of aromatic nitrogens is 3. The predicted molar refractivity (Wildman–Crippen MR) is 220 cm³/mol. The van der Waals surface area contributed by atoms with E-state index in [9.17, 15) is 5.26 Å². The van der Waals surface area contributed by atoms with Crippen LogP contribution in [0.4, 0.5) is 0 Å². The number of para-hydroxylation sites is 1. The molecule has 2 aromatic heterocycles. The van der Waals surface area contributed by atoms with E-state index in [1.165, 1.54) is 33.0 Å². The first kappa shape index (κ1) is 31.6. The summed E-state index contributed by atoms with van der Waals surface area (Å²) in [5, 5.41) is 12.7. The summed E-state index contributed by atoms with van der Waals surface area (Å²) in [6, 6.07) is 61.6. The van der Waals surface area contributed by atoms with Gasteiger partial charge in [0, 0.05) is 38.6 Å². The molecule has 254 valence electrons. The molecule has 10 rings (SSSR count). The predicted octanol–water partition coefficient (Wildman–Crippen LogP) is 12.4. The Morgan fingerprint density at radius 3 is 1.81 bits per heavy atom. The summed E-state index contributed by atoms with van der Waals surface area (Å²) in [5.41, 5.74) is 15.3. The highest BCUT2D eigenvalue weighted by molar-refractivity contribution is 6.11. The van der Waals surface area contributed by atoms with Gasteiger partial charge in [0.25, 0.3) is 0 Å². The van der Waals surface area contributed by atoms with Gasteiger partial charge in [-0.1, -0.05) is 135 Å². The van der Waals surface area contributed by atoms with Gasteiger partial charge < -0.3 is 4.57 Å². The van der Waals surface area contributed by atoms with Crippen LogP contribution in [-0.4, -0.2) is 14.5 Å². The van der Waals surface area contributed by atoms with Crippen LogP contribution >= 0.6 is 0 Å². The molecule has 9 aromatic rings. The number of fused-ring (bicyclic) bond motifs is 6. The molecule has 1 aliphatic rings. The van der Waals surface area contributed by atoms with Gasteiger partial charge in [0.15, 0.2) is 5.82 Å². The second-order valence-electron chi connectivity index (χ2n) is 14.6. The third-order valence-corrected chi connectivity index (χ3v) is 11.0. The van der Waals surface area contributed by atoms with E-state index in [0.29, 0.717) is 11.4 Å². The van der Waals surface area contributed by atoms with Gasteiger partial charge in [0.2, 0.25) is 0 Å². The van der Waals surface area contributed by atoms with Crippen molar-refractivity contribution in [1.29, 1.82) is 5.26 Å². The Morgan fingerprint density at radius 2 is 1.09 bits per heavy atom. The van der Waals surface area contributed by atoms with Crippen LogP contribution in [0.3, 0.4) is 0 Å². The number of nitriles is 1. The lowest BCUT2D eigenvalue weighted by Gasteiger charge is -2.21. The van der Waals surface area contributed by atoms with Crippen molar-refractivity contribution in [3.05, 3.63) is 187 Å². The molecule has 0 bridgehead atoms. The molecular formula is C50H34N4. The van der Waals surface area contributed by atoms with E-state index in [4.69, 9.17) is 9.97 Å². The molecule has 2 heterocycles. The first-order chi connectivity index (χ1) is 26.5. The quantitative estimate of drug-likeness (QED) is 0.181. The van der Waals surface area contributed by atoms with E-state index < -0.39 is 0 Å². The molecule has 4 heteroatoms. The van der Waals surface area contributed by atoms with Crippen LogP contribution in [0, 0.1) is 11.3 Å². The number of hydrogen-bond donors (Lipinski definition) is 0. The smallest absolute Gasteiger partial charge is 0.160 e. The number of hydrogen-bond acceptors (Lipinski definition) is 3. The molecular weight excluding hydrogens is 657 g/mol.